The molecular formula is C25H48O3. The van der Waals surface area contributed by atoms with Crippen molar-refractivity contribution in [3.05, 3.63) is 0 Å². The molecule has 3 nitrogen and oxygen atoms in total. The van der Waals surface area contributed by atoms with Crippen LogP contribution in [-0.2, 0) is 9.47 Å². The first-order valence-corrected chi connectivity index (χ1v) is 12.7. The molecule has 3 heteroatoms. The molecule has 0 aromatic rings. The highest BCUT2D eigenvalue weighted by atomic mass is 16.7. The van der Waals surface area contributed by atoms with Gasteiger partial charge in [0.15, 0.2) is 6.29 Å². The Morgan fingerprint density at radius 3 is 1.68 bits per heavy atom. The van der Waals surface area contributed by atoms with Gasteiger partial charge < -0.3 is 14.6 Å². The van der Waals surface area contributed by atoms with Crippen molar-refractivity contribution in [3.8, 4) is 0 Å². The Kier molecular flexibility index (Phi) is 12.8. The summed E-state index contributed by atoms with van der Waals surface area (Å²) in [4.78, 5) is 0. The molecule has 0 aromatic heterocycles. The number of hydrogen-bond donors (Lipinski definition) is 1. The molecule has 0 unspecified atom stereocenters. The minimum Gasteiger partial charge on any atom is -0.388 e. The van der Waals surface area contributed by atoms with Gasteiger partial charge in [-0.1, -0.05) is 110 Å². The van der Waals surface area contributed by atoms with Gasteiger partial charge >= 0.3 is 0 Å². The molecule has 0 aliphatic carbocycles. The summed E-state index contributed by atoms with van der Waals surface area (Å²) < 4.78 is 11.9. The summed E-state index contributed by atoms with van der Waals surface area (Å²) in [5.41, 5.74) is 0. The molecule has 166 valence electrons. The van der Waals surface area contributed by atoms with Gasteiger partial charge in [-0.3, -0.25) is 0 Å². The molecule has 0 radical (unpaired) electrons. The van der Waals surface area contributed by atoms with Crippen molar-refractivity contribution in [2.75, 3.05) is 6.61 Å². The fraction of sp³-hybridized carbons (Fsp3) is 1.00. The number of aliphatic hydroxyl groups excluding tert-OH is 1. The Morgan fingerprint density at radius 1 is 0.643 bits per heavy atom. The molecule has 2 rings (SSSR count). The maximum atomic E-state index is 10.3. The van der Waals surface area contributed by atoms with Crippen molar-refractivity contribution < 1.29 is 14.6 Å². The van der Waals surface area contributed by atoms with Crippen LogP contribution in [0.4, 0.5) is 0 Å². The maximum absolute atomic E-state index is 10.3. The zero-order chi connectivity index (χ0) is 20.0. The highest BCUT2D eigenvalue weighted by molar-refractivity contribution is 4.93. The van der Waals surface area contributed by atoms with Crippen LogP contribution in [0, 0.1) is 11.8 Å². The molecule has 2 aliphatic rings. The largest absolute Gasteiger partial charge is 0.388 e. The first-order valence-electron chi connectivity index (χ1n) is 12.7. The van der Waals surface area contributed by atoms with Crippen molar-refractivity contribution >= 4 is 0 Å². The summed E-state index contributed by atoms with van der Waals surface area (Å²) >= 11 is 0. The van der Waals surface area contributed by atoms with Crippen LogP contribution in [0.25, 0.3) is 0 Å². The lowest BCUT2D eigenvalue weighted by Gasteiger charge is -2.27. The van der Waals surface area contributed by atoms with Gasteiger partial charge in [0, 0.05) is 5.92 Å². The summed E-state index contributed by atoms with van der Waals surface area (Å²) in [7, 11) is 0. The summed E-state index contributed by atoms with van der Waals surface area (Å²) in [5.74, 6) is 1.00. The lowest BCUT2D eigenvalue weighted by Crippen LogP contribution is -2.39. The Bertz CT molecular complexity index is 373. The van der Waals surface area contributed by atoms with Gasteiger partial charge in [-0.15, -0.1) is 0 Å². The van der Waals surface area contributed by atoms with Gasteiger partial charge in [-0.05, 0) is 18.8 Å². The van der Waals surface area contributed by atoms with Crippen LogP contribution in [-0.4, -0.2) is 30.2 Å². The molecule has 0 saturated carbocycles. The number of ether oxygens (including phenoxy) is 2. The second-order valence-electron chi connectivity index (χ2n) is 9.37. The van der Waals surface area contributed by atoms with Crippen LogP contribution in [0.1, 0.15) is 123 Å². The average Bonchev–Trinajstić information content (AvgIpc) is 2.99. The number of fused-ring (bicyclic) bond motifs is 2. The quantitative estimate of drug-likeness (QED) is 0.269. The molecular weight excluding hydrogens is 348 g/mol. The molecule has 0 amide bonds. The monoisotopic (exact) mass is 396 g/mol. The van der Waals surface area contributed by atoms with Gasteiger partial charge in [0.2, 0.25) is 0 Å². The van der Waals surface area contributed by atoms with Gasteiger partial charge in [0.05, 0.1) is 12.7 Å². The van der Waals surface area contributed by atoms with Crippen molar-refractivity contribution in [1.29, 1.82) is 0 Å². The highest BCUT2D eigenvalue weighted by Crippen LogP contribution is 2.43. The zero-order valence-corrected chi connectivity index (χ0v) is 18.9. The van der Waals surface area contributed by atoms with Gasteiger partial charge in [-0.25, -0.2) is 0 Å². The normalized spacial score (nSPS) is 29.5. The third-order valence-electron chi connectivity index (χ3n) is 6.96. The van der Waals surface area contributed by atoms with Crippen LogP contribution < -0.4 is 0 Å². The van der Waals surface area contributed by atoms with Crippen LogP contribution in [0.2, 0.25) is 0 Å². The standard InChI is InChI=1S/C25H48O3/c1-3-5-7-9-10-11-12-13-14-15-17-18-21-22(19-16-8-6-4-2)25-27-20-23(26)24(21)28-25/h21-26H,3-20H2,1-2H3/t21-,22-,23-,24+,25-/m1/s1. The molecule has 1 N–H and O–H groups in total. The van der Waals surface area contributed by atoms with E-state index in [0.29, 0.717) is 18.4 Å². The van der Waals surface area contributed by atoms with Gasteiger partial charge in [0.25, 0.3) is 0 Å². The van der Waals surface area contributed by atoms with Gasteiger partial charge in [-0.2, -0.15) is 0 Å². The number of rotatable bonds is 17. The van der Waals surface area contributed by atoms with E-state index in [1.807, 2.05) is 0 Å². The Hall–Kier alpha value is -0.120. The first-order chi connectivity index (χ1) is 13.8. The molecule has 0 aromatic carbocycles. The fourth-order valence-corrected chi connectivity index (χ4v) is 5.21. The summed E-state index contributed by atoms with van der Waals surface area (Å²) in [5, 5.41) is 10.3. The highest BCUT2D eigenvalue weighted by Gasteiger charge is 2.50. The van der Waals surface area contributed by atoms with Crippen molar-refractivity contribution in [3.63, 3.8) is 0 Å². The van der Waals surface area contributed by atoms with Crippen molar-refractivity contribution in [2.24, 2.45) is 11.8 Å². The maximum Gasteiger partial charge on any atom is 0.161 e. The van der Waals surface area contributed by atoms with Crippen LogP contribution >= 0.6 is 0 Å². The number of hydrogen-bond acceptors (Lipinski definition) is 3. The van der Waals surface area contributed by atoms with E-state index in [-0.39, 0.29) is 12.4 Å². The Balaban J connectivity index is 1.58. The van der Waals surface area contributed by atoms with Gasteiger partial charge in [0.1, 0.15) is 6.10 Å². The SMILES string of the molecule is CCCCCCCCCCCCC[C@@H]1[C@@H](CCCCCC)[C@@H]2OC[C@@H](O)[C@H]1O2. The minimum absolute atomic E-state index is 0.0260. The van der Waals surface area contributed by atoms with E-state index in [1.54, 1.807) is 0 Å². The molecule has 2 bridgehead atoms. The third-order valence-corrected chi connectivity index (χ3v) is 6.96. The molecule has 2 aliphatic heterocycles. The van der Waals surface area contributed by atoms with E-state index in [2.05, 4.69) is 13.8 Å². The molecule has 2 heterocycles. The van der Waals surface area contributed by atoms with Crippen molar-refractivity contribution in [2.45, 2.75) is 141 Å². The second kappa shape index (κ2) is 14.8. The predicted molar refractivity (Wildman–Crippen MR) is 117 cm³/mol. The van der Waals surface area contributed by atoms with E-state index in [4.69, 9.17) is 9.47 Å². The summed E-state index contributed by atoms with van der Waals surface area (Å²) in [6.07, 6.45) is 22.4. The Labute approximate surface area is 175 Å². The topological polar surface area (TPSA) is 38.7 Å². The van der Waals surface area contributed by atoms with Crippen LogP contribution in [0.15, 0.2) is 0 Å². The minimum atomic E-state index is -0.422. The lowest BCUT2D eigenvalue weighted by atomic mass is 9.81. The Morgan fingerprint density at radius 2 is 1.11 bits per heavy atom. The van der Waals surface area contributed by atoms with Crippen molar-refractivity contribution in [1.82, 2.24) is 0 Å². The molecule has 2 saturated heterocycles. The van der Waals surface area contributed by atoms with Crippen LogP contribution in [0.3, 0.4) is 0 Å². The number of aliphatic hydroxyl groups is 1. The third kappa shape index (κ3) is 8.32. The summed E-state index contributed by atoms with van der Waals surface area (Å²) in [6, 6.07) is 0. The first kappa shape index (κ1) is 24.2. The van der Waals surface area contributed by atoms with E-state index >= 15 is 0 Å². The molecule has 2 fully saturated rings. The second-order valence-corrected chi connectivity index (χ2v) is 9.37. The summed E-state index contributed by atoms with van der Waals surface area (Å²) in [6.45, 7) is 5.02. The molecule has 5 atom stereocenters. The molecule has 28 heavy (non-hydrogen) atoms. The van der Waals surface area contributed by atoms with E-state index in [0.717, 1.165) is 0 Å². The fourth-order valence-electron chi connectivity index (χ4n) is 5.21. The van der Waals surface area contributed by atoms with Crippen LogP contribution in [0.5, 0.6) is 0 Å². The van der Waals surface area contributed by atoms with E-state index in [9.17, 15) is 5.11 Å². The number of unbranched alkanes of at least 4 members (excludes halogenated alkanes) is 13. The zero-order valence-electron chi connectivity index (χ0n) is 18.9. The van der Waals surface area contributed by atoms with E-state index in [1.165, 1.54) is 109 Å². The van der Waals surface area contributed by atoms with E-state index < -0.39 is 6.10 Å². The smallest absolute Gasteiger partial charge is 0.161 e. The average molecular weight is 397 g/mol. The molecule has 0 spiro atoms. The lowest BCUT2D eigenvalue weighted by molar-refractivity contribution is -0.227. The predicted octanol–water partition coefficient (Wildman–Crippen LogP) is 7.01.